The number of fused-ring (bicyclic) bond motifs is 1. The molecule has 1 aromatic rings. The Morgan fingerprint density at radius 1 is 1.09 bits per heavy atom. The van der Waals surface area contributed by atoms with E-state index in [1.807, 2.05) is 4.90 Å². The second kappa shape index (κ2) is 6.59. The number of carbonyl (C=O) groups excluding carboxylic acids is 1. The minimum Gasteiger partial charge on any atom is -0.379 e. The SMILES string of the molecule is O=C(CCN1Cc2ccccc2C1)N1CC(N2CCOCC2)C1. The number of likely N-dealkylation sites (tertiary alicyclic amines) is 1. The lowest BCUT2D eigenvalue weighted by Gasteiger charge is -2.46. The third kappa shape index (κ3) is 3.27. The van der Waals surface area contributed by atoms with Crippen molar-refractivity contribution in [3.05, 3.63) is 35.4 Å². The fraction of sp³-hybridized carbons (Fsp3) is 0.611. The van der Waals surface area contributed by atoms with Crippen LogP contribution in [0.3, 0.4) is 0 Å². The third-order valence-electron chi connectivity index (χ3n) is 5.33. The Hall–Kier alpha value is -1.43. The topological polar surface area (TPSA) is 36.0 Å². The number of carbonyl (C=O) groups is 1. The zero-order chi connectivity index (χ0) is 15.6. The van der Waals surface area contributed by atoms with Crippen LogP contribution < -0.4 is 0 Å². The molecule has 0 spiro atoms. The van der Waals surface area contributed by atoms with E-state index < -0.39 is 0 Å². The molecule has 5 nitrogen and oxygen atoms in total. The summed E-state index contributed by atoms with van der Waals surface area (Å²) < 4.78 is 5.39. The van der Waals surface area contributed by atoms with Crippen molar-refractivity contribution in [3.8, 4) is 0 Å². The Morgan fingerprint density at radius 2 is 1.74 bits per heavy atom. The number of morpholine rings is 1. The number of amides is 1. The quantitative estimate of drug-likeness (QED) is 0.828. The van der Waals surface area contributed by atoms with Crippen molar-refractivity contribution in [3.63, 3.8) is 0 Å². The molecule has 4 rings (SSSR count). The van der Waals surface area contributed by atoms with Gasteiger partial charge in [0.25, 0.3) is 0 Å². The van der Waals surface area contributed by atoms with Crippen molar-refractivity contribution in [2.24, 2.45) is 0 Å². The lowest BCUT2D eigenvalue weighted by atomic mass is 10.1. The minimum atomic E-state index is 0.311. The summed E-state index contributed by atoms with van der Waals surface area (Å²) in [5, 5.41) is 0. The van der Waals surface area contributed by atoms with Crippen LogP contribution in [0.25, 0.3) is 0 Å². The molecule has 0 atom stereocenters. The Balaban J connectivity index is 1.19. The molecule has 5 heteroatoms. The molecular weight excluding hydrogens is 290 g/mol. The van der Waals surface area contributed by atoms with Crippen molar-refractivity contribution in [2.45, 2.75) is 25.6 Å². The molecule has 0 saturated carbocycles. The van der Waals surface area contributed by atoms with Crippen molar-refractivity contribution in [1.29, 1.82) is 0 Å². The van der Waals surface area contributed by atoms with Gasteiger partial charge in [-0.1, -0.05) is 24.3 Å². The van der Waals surface area contributed by atoms with Crippen molar-refractivity contribution in [1.82, 2.24) is 14.7 Å². The van der Waals surface area contributed by atoms with E-state index in [1.54, 1.807) is 0 Å². The molecule has 0 radical (unpaired) electrons. The third-order valence-corrected chi connectivity index (χ3v) is 5.33. The first-order valence-corrected chi connectivity index (χ1v) is 8.68. The predicted octanol–water partition coefficient (Wildman–Crippen LogP) is 0.935. The molecule has 3 aliphatic rings. The summed E-state index contributed by atoms with van der Waals surface area (Å²) >= 11 is 0. The van der Waals surface area contributed by atoms with Crippen molar-refractivity contribution < 1.29 is 9.53 Å². The molecule has 0 aliphatic carbocycles. The molecule has 0 aromatic heterocycles. The van der Waals surface area contributed by atoms with Crippen LogP contribution in [-0.2, 0) is 22.6 Å². The molecule has 2 saturated heterocycles. The second-order valence-electron chi connectivity index (χ2n) is 6.83. The molecule has 3 aliphatic heterocycles. The number of hydrogen-bond donors (Lipinski definition) is 0. The molecule has 1 amide bonds. The van der Waals surface area contributed by atoms with Gasteiger partial charge in [-0.15, -0.1) is 0 Å². The van der Waals surface area contributed by atoms with Gasteiger partial charge in [0, 0.05) is 58.3 Å². The molecule has 0 bridgehead atoms. The maximum atomic E-state index is 12.3. The largest absolute Gasteiger partial charge is 0.379 e. The van der Waals surface area contributed by atoms with Crippen LogP contribution in [0.5, 0.6) is 0 Å². The first-order valence-electron chi connectivity index (χ1n) is 8.68. The van der Waals surface area contributed by atoms with E-state index in [-0.39, 0.29) is 0 Å². The van der Waals surface area contributed by atoms with Gasteiger partial charge in [-0.2, -0.15) is 0 Å². The van der Waals surface area contributed by atoms with Crippen LogP contribution >= 0.6 is 0 Å². The monoisotopic (exact) mass is 315 g/mol. The van der Waals surface area contributed by atoms with Gasteiger partial charge in [0.2, 0.25) is 5.91 Å². The number of nitrogens with zero attached hydrogens (tertiary/aromatic N) is 3. The second-order valence-corrected chi connectivity index (χ2v) is 6.83. The van der Waals surface area contributed by atoms with Gasteiger partial charge in [-0.25, -0.2) is 0 Å². The Morgan fingerprint density at radius 3 is 2.39 bits per heavy atom. The highest BCUT2D eigenvalue weighted by atomic mass is 16.5. The molecule has 0 N–H and O–H groups in total. The van der Waals surface area contributed by atoms with E-state index >= 15 is 0 Å². The Labute approximate surface area is 137 Å². The van der Waals surface area contributed by atoms with Crippen LogP contribution in [0.2, 0.25) is 0 Å². The lowest BCUT2D eigenvalue weighted by molar-refractivity contribution is -0.140. The van der Waals surface area contributed by atoms with Crippen LogP contribution in [0, 0.1) is 0 Å². The molecule has 2 fully saturated rings. The van der Waals surface area contributed by atoms with Gasteiger partial charge >= 0.3 is 0 Å². The summed E-state index contributed by atoms with van der Waals surface area (Å²) in [5.74, 6) is 0.311. The summed E-state index contributed by atoms with van der Waals surface area (Å²) in [6, 6.07) is 9.14. The standard InChI is InChI=1S/C18H25N3O2/c22-18(21-13-17(14-21)20-7-9-23-10-8-20)5-6-19-11-15-3-1-2-4-16(15)12-19/h1-4,17H,5-14H2. The zero-order valence-corrected chi connectivity index (χ0v) is 13.6. The molecular formula is C18H25N3O2. The highest BCUT2D eigenvalue weighted by molar-refractivity contribution is 5.77. The van der Waals surface area contributed by atoms with Gasteiger partial charge in [0.05, 0.1) is 13.2 Å². The maximum Gasteiger partial charge on any atom is 0.223 e. The summed E-state index contributed by atoms with van der Waals surface area (Å²) in [5.41, 5.74) is 2.83. The first-order chi connectivity index (χ1) is 11.3. The van der Waals surface area contributed by atoms with Crippen LogP contribution in [0.15, 0.2) is 24.3 Å². The van der Waals surface area contributed by atoms with Crippen LogP contribution in [0.4, 0.5) is 0 Å². The Bertz CT molecular complexity index is 540. The average molecular weight is 315 g/mol. The van der Waals surface area contributed by atoms with Gasteiger partial charge in [-0.05, 0) is 11.1 Å². The summed E-state index contributed by atoms with van der Waals surface area (Å²) in [6.07, 6.45) is 0.643. The summed E-state index contributed by atoms with van der Waals surface area (Å²) in [7, 11) is 0. The smallest absolute Gasteiger partial charge is 0.223 e. The minimum absolute atomic E-state index is 0.311. The van der Waals surface area contributed by atoms with E-state index in [0.29, 0.717) is 18.4 Å². The van der Waals surface area contributed by atoms with Gasteiger partial charge in [0.15, 0.2) is 0 Å². The fourth-order valence-corrected chi connectivity index (χ4v) is 3.81. The van der Waals surface area contributed by atoms with E-state index in [9.17, 15) is 4.79 Å². The lowest BCUT2D eigenvalue weighted by Crippen LogP contribution is -2.62. The molecule has 23 heavy (non-hydrogen) atoms. The zero-order valence-electron chi connectivity index (χ0n) is 13.6. The number of rotatable bonds is 4. The number of hydrogen-bond acceptors (Lipinski definition) is 4. The molecule has 124 valence electrons. The van der Waals surface area contributed by atoms with Crippen molar-refractivity contribution >= 4 is 5.91 Å². The van der Waals surface area contributed by atoms with Crippen LogP contribution in [0.1, 0.15) is 17.5 Å². The summed E-state index contributed by atoms with van der Waals surface area (Å²) in [6.45, 7) is 8.33. The predicted molar refractivity (Wildman–Crippen MR) is 87.9 cm³/mol. The normalized spacial score (nSPS) is 22.9. The Kier molecular flexibility index (Phi) is 4.33. The van der Waals surface area contributed by atoms with Gasteiger partial charge < -0.3 is 9.64 Å². The van der Waals surface area contributed by atoms with E-state index in [2.05, 4.69) is 34.1 Å². The average Bonchev–Trinajstić information content (AvgIpc) is 2.95. The van der Waals surface area contributed by atoms with Gasteiger partial charge in [0.1, 0.15) is 0 Å². The molecule has 3 heterocycles. The first kappa shape index (κ1) is 15.1. The van der Waals surface area contributed by atoms with Crippen LogP contribution in [-0.4, -0.2) is 72.6 Å². The maximum absolute atomic E-state index is 12.3. The highest BCUT2D eigenvalue weighted by Gasteiger charge is 2.35. The van der Waals surface area contributed by atoms with E-state index in [4.69, 9.17) is 4.74 Å². The fourth-order valence-electron chi connectivity index (χ4n) is 3.81. The summed E-state index contributed by atoms with van der Waals surface area (Å²) in [4.78, 5) is 19.2. The number of benzene rings is 1. The van der Waals surface area contributed by atoms with E-state index in [1.165, 1.54) is 11.1 Å². The van der Waals surface area contributed by atoms with Gasteiger partial charge in [-0.3, -0.25) is 14.6 Å². The molecule has 0 unspecified atom stereocenters. The van der Waals surface area contributed by atoms with Crippen molar-refractivity contribution in [2.75, 3.05) is 45.9 Å². The molecule has 1 aromatic carbocycles. The highest BCUT2D eigenvalue weighted by Crippen LogP contribution is 2.23. The van der Waals surface area contributed by atoms with E-state index in [0.717, 1.165) is 59.0 Å². The number of ether oxygens (including phenoxy) is 1.